The Morgan fingerprint density at radius 3 is 1.43 bits per heavy atom. The molecule has 1 amide bonds. The fourth-order valence-corrected chi connectivity index (χ4v) is 8.01. The zero-order chi connectivity index (χ0) is 45.9. The van der Waals surface area contributed by atoms with Crippen LogP contribution in [0.25, 0.3) is 0 Å². The summed E-state index contributed by atoms with van der Waals surface area (Å²) in [5, 5.41) is 53.6. The van der Waals surface area contributed by atoms with Crippen LogP contribution in [0.3, 0.4) is 0 Å². The monoisotopic (exact) mass is 888 g/mol. The van der Waals surface area contributed by atoms with Gasteiger partial charge in [0.05, 0.1) is 25.4 Å². The second kappa shape index (κ2) is 43.8. The smallest absolute Gasteiger partial charge is 0.220 e. The first kappa shape index (κ1) is 58.9. The molecule has 0 aromatic carbocycles. The van der Waals surface area contributed by atoms with E-state index in [4.69, 9.17) is 9.47 Å². The van der Waals surface area contributed by atoms with Gasteiger partial charge in [-0.2, -0.15) is 0 Å². The van der Waals surface area contributed by atoms with Crippen molar-refractivity contribution in [2.24, 2.45) is 0 Å². The maximum absolute atomic E-state index is 12.8. The summed E-state index contributed by atoms with van der Waals surface area (Å²) in [6.45, 7) is 3.55. The molecule has 1 rings (SSSR count). The first-order valence-electron chi connectivity index (χ1n) is 26.0. The van der Waals surface area contributed by atoms with Crippen LogP contribution in [0, 0.1) is 0 Å². The van der Waals surface area contributed by atoms with Crippen LogP contribution in [0.1, 0.15) is 219 Å². The van der Waals surface area contributed by atoms with Crippen LogP contribution in [0.5, 0.6) is 0 Å². The predicted molar refractivity (Wildman–Crippen MR) is 262 cm³/mol. The molecule has 0 aliphatic carbocycles. The Morgan fingerprint density at radius 1 is 0.556 bits per heavy atom. The van der Waals surface area contributed by atoms with Gasteiger partial charge in [-0.25, -0.2) is 0 Å². The summed E-state index contributed by atoms with van der Waals surface area (Å²) in [7, 11) is 0. The van der Waals surface area contributed by atoms with Crippen molar-refractivity contribution in [2.75, 3.05) is 13.2 Å². The van der Waals surface area contributed by atoms with E-state index in [9.17, 15) is 30.3 Å². The average Bonchev–Trinajstić information content (AvgIpc) is 3.28. The van der Waals surface area contributed by atoms with Crippen LogP contribution in [0.2, 0.25) is 0 Å². The highest BCUT2D eigenvalue weighted by molar-refractivity contribution is 5.76. The molecule has 63 heavy (non-hydrogen) atoms. The molecule has 1 fully saturated rings. The van der Waals surface area contributed by atoms with Crippen LogP contribution in [0.15, 0.2) is 60.8 Å². The Morgan fingerprint density at radius 2 is 0.984 bits per heavy atom. The number of hydrogen-bond acceptors (Lipinski definition) is 8. The molecule has 1 aliphatic rings. The van der Waals surface area contributed by atoms with Gasteiger partial charge in [0.1, 0.15) is 24.4 Å². The minimum absolute atomic E-state index is 0.142. The Labute approximate surface area is 386 Å². The van der Waals surface area contributed by atoms with E-state index in [1.165, 1.54) is 122 Å². The summed E-state index contributed by atoms with van der Waals surface area (Å²) in [5.74, 6) is -0.155. The molecule has 7 atom stereocenters. The molecular weight excluding hydrogens is 791 g/mol. The molecule has 0 bridgehead atoms. The number of ether oxygens (including phenoxy) is 2. The zero-order valence-electron chi connectivity index (χ0n) is 40.3. The van der Waals surface area contributed by atoms with Crippen molar-refractivity contribution in [2.45, 2.75) is 262 Å². The Kier molecular flexibility index (Phi) is 40.9. The molecule has 7 unspecified atom stereocenters. The lowest BCUT2D eigenvalue weighted by molar-refractivity contribution is -0.302. The highest BCUT2D eigenvalue weighted by Crippen LogP contribution is 2.23. The van der Waals surface area contributed by atoms with Gasteiger partial charge in [-0.05, 0) is 57.8 Å². The second-order valence-electron chi connectivity index (χ2n) is 17.9. The second-order valence-corrected chi connectivity index (χ2v) is 17.9. The van der Waals surface area contributed by atoms with Crippen LogP contribution >= 0.6 is 0 Å². The van der Waals surface area contributed by atoms with E-state index in [0.717, 1.165) is 70.6 Å². The van der Waals surface area contributed by atoms with E-state index in [2.05, 4.69) is 79.9 Å². The third-order valence-corrected chi connectivity index (χ3v) is 12.1. The van der Waals surface area contributed by atoms with E-state index in [1.807, 2.05) is 0 Å². The average molecular weight is 888 g/mol. The minimum Gasteiger partial charge on any atom is -0.394 e. The molecule has 1 saturated heterocycles. The van der Waals surface area contributed by atoms with Gasteiger partial charge in [0.25, 0.3) is 0 Å². The number of aliphatic hydroxyl groups is 5. The van der Waals surface area contributed by atoms with E-state index >= 15 is 0 Å². The number of unbranched alkanes of at least 4 members (excludes halogenated alkanes) is 23. The summed E-state index contributed by atoms with van der Waals surface area (Å²) in [6.07, 6.45) is 52.3. The lowest BCUT2D eigenvalue weighted by atomic mass is 9.99. The third kappa shape index (κ3) is 33.9. The standard InChI is InChI=1S/C54H97NO8/c1-3-5-7-8-9-10-11-12-13-14-15-16-17-18-19-20-21-22-23-24-25-26-27-28-29-30-31-32-33-34-35-36-37-38-39-40-42-44-50(58)55-47(48(57)43-41-6-4-2)46-62-54-53(61)52(60)51(59)49(45-56)63-54/h5,7,9-10,12-13,15-16,18-19,47-49,51-54,56-57,59-61H,3-4,6,8,11,14,17,20-46H2,1-2H3,(H,55,58)/b7-5-,10-9-,13-12-,16-15-,19-18-. The topological polar surface area (TPSA) is 149 Å². The molecule has 0 aromatic heterocycles. The molecule has 1 aliphatic heterocycles. The molecule has 6 N–H and O–H groups in total. The van der Waals surface area contributed by atoms with Crippen molar-refractivity contribution in [1.29, 1.82) is 0 Å². The maximum Gasteiger partial charge on any atom is 0.220 e. The number of nitrogens with one attached hydrogen (secondary N) is 1. The number of aliphatic hydroxyl groups excluding tert-OH is 5. The fourth-order valence-electron chi connectivity index (χ4n) is 8.01. The summed E-state index contributed by atoms with van der Waals surface area (Å²) < 4.78 is 11.1. The number of amides is 1. The first-order chi connectivity index (χ1) is 30.8. The molecule has 1 heterocycles. The van der Waals surface area contributed by atoms with Crippen LogP contribution in [-0.4, -0.2) is 87.5 Å². The van der Waals surface area contributed by atoms with Crippen molar-refractivity contribution >= 4 is 5.91 Å². The van der Waals surface area contributed by atoms with Crippen molar-refractivity contribution < 1.29 is 39.8 Å². The van der Waals surface area contributed by atoms with Crippen LogP contribution < -0.4 is 5.32 Å². The van der Waals surface area contributed by atoms with Crippen LogP contribution in [-0.2, 0) is 14.3 Å². The normalized spacial score (nSPS) is 20.7. The van der Waals surface area contributed by atoms with Gasteiger partial charge in [-0.1, -0.05) is 216 Å². The number of hydrogen-bond donors (Lipinski definition) is 6. The molecule has 366 valence electrons. The van der Waals surface area contributed by atoms with Gasteiger partial charge < -0.3 is 40.3 Å². The summed E-state index contributed by atoms with van der Waals surface area (Å²) in [4.78, 5) is 12.8. The van der Waals surface area contributed by atoms with Crippen molar-refractivity contribution in [3.05, 3.63) is 60.8 Å². The SMILES string of the molecule is CC/C=C\C/C=C\C/C=C\C/C=C\C/C=C\CCCCCCCCCCCCCCCCCCCCCCCC(=O)NC(COC1OC(CO)C(O)C(O)C1O)C(O)CCCCC. The molecule has 0 aromatic rings. The van der Waals surface area contributed by atoms with Gasteiger partial charge in [-0.3, -0.25) is 4.79 Å². The van der Waals surface area contributed by atoms with E-state index in [-0.39, 0.29) is 12.5 Å². The minimum atomic E-state index is -1.55. The number of carbonyl (C=O) groups excluding carboxylic acids is 1. The van der Waals surface area contributed by atoms with Crippen LogP contribution in [0.4, 0.5) is 0 Å². The summed E-state index contributed by atoms with van der Waals surface area (Å²) >= 11 is 0. The lowest BCUT2D eigenvalue weighted by Crippen LogP contribution is -2.60. The van der Waals surface area contributed by atoms with E-state index in [0.29, 0.717) is 12.8 Å². The predicted octanol–water partition coefficient (Wildman–Crippen LogP) is 12.0. The van der Waals surface area contributed by atoms with Crippen molar-refractivity contribution in [1.82, 2.24) is 5.32 Å². The summed E-state index contributed by atoms with van der Waals surface area (Å²) in [5.41, 5.74) is 0. The Bertz CT molecular complexity index is 1170. The van der Waals surface area contributed by atoms with Gasteiger partial charge in [0, 0.05) is 6.42 Å². The largest absolute Gasteiger partial charge is 0.394 e. The Hall–Kier alpha value is -2.11. The summed E-state index contributed by atoms with van der Waals surface area (Å²) in [6, 6.07) is -0.713. The number of carbonyl (C=O) groups is 1. The van der Waals surface area contributed by atoms with Crippen molar-refractivity contribution in [3.63, 3.8) is 0 Å². The first-order valence-corrected chi connectivity index (χ1v) is 26.0. The van der Waals surface area contributed by atoms with Gasteiger partial charge in [0.2, 0.25) is 5.91 Å². The molecule has 0 radical (unpaired) electrons. The third-order valence-electron chi connectivity index (χ3n) is 12.1. The van der Waals surface area contributed by atoms with E-state index < -0.39 is 49.5 Å². The van der Waals surface area contributed by atoms with Gasteiger partial charge in [-0.15, -0.1) is 0 Å². The molecule has 9 heteroatoms. The molecule has 0 saturated carbocycles. The highest BCUT2D eigenvalue weighted by Gasteiger charge is 2.44. The van der Waals surface area contributed by atoms with Gasteiger partial charge in [0.15, 0.2) is 6.29 Å². The van der Waals surface area contributed by atoms with E-state index in [1.54, 1.807) is 0 Å². The van der Waals surface area contributed by atoms with Crippen molar-refractivity contribution in [3.8, 4) is 0 Å². The lowest BCUT2D eigenvalue weighted by Gasteiger charge is -2.40. The number of rotatable bonds is 43. The highest BCUT2D eigenvalue weighted by atomic mass is 16.7. The molecule has 0 spiro atoms. The quantitative estimate of drug-likeness (QED) is 0.0262. The fraction of sp³-hybridized carbons (Fsp3) is 0.796. The maximum atomic E-state index is 12.8. The van der Waals surface area contributed by atoms with Gasteiger partial charge >= 0.3 is 0 Å². The zero-order valence-corrected chi connectivity index (χ0v) is 40.3. The number of allylic oxidation sites excluding steroid dienone is 10. The molecular formula is C54H97NO8. The Balaban J connectivity index is 1.93. The molecule has 9 nitrogen and oxygen atoms in total.